The second-order valence-corrected chi connectivity index (χ2v) is 5.72. The van der Waals surface area contributed by atoms with Gasteiger partial charge in [-0.1, -0.05) is 0 Å². The Kier molecular flexibility index (Phi) is 5.00. The zero-order chi connectivity index (χ0) is 16.1. The van der Waals surface area contributed by atoms with Crippen LogP contribution < -0.4 is 5.32 Å². The molecule has 1 fully saturated rings. The van der Waals surface area contributed by atoms with Crippen molar-refractivity contribution in [2.75, 3.05) is 19.7 Å². The van der Waals surface area contributed by atoms with Crippen LogP contribution in [-0.4, -0.2) is 44.2 Å². The normalized spacial score (nSPS) is 21.2. The van der Waals surface area contributed by atoms with Gasteiger partial charge in [-0.05, 0) is 18.9 Å². The van der Waals surface area contributed by atoms with E-state index in [1.165, 1.54) is 0 Å². The number of rotatable bonds is 6. The fourth-order valence-corrected chi connectivity index (χ4v) is 2.98. The predicted molar refractivity (Wildman–Crippen MR) is 82.2 cm³/mol. The van der Waals surface area contributed by atoms with E-state index in [2.05, 4.69) is 20.5 Å². The highest BCUT2D eigenvalue weighted by atomic mass is 16.5. The third-order valence-corrected chi connectivity index (χ3v) is 4.16. The molecule has 0 saturated carbocycles. The molecule has 1 saturated heterocycles. The fraction of sp³-hybridized carbons (Fsp3) is 0.600. The van der Waals surface area contributed by atoms with E-state index in [4.69, 9.17) is 10.00 Å². The van der Waals surface area contributed by atoms with E-state index in [0.29, 0.717) is 12.5 Å². The molecule has 2 aromatic rings. The molecule has 2 aromatic heterocycles. The maximum atomic E-state index is 8.71. The number of aryl methyl sites for hydroxylation is 1. The summed E-state index contributed by atoms with van der Waals surface area (Å²) in [6, 6.07) is 3.96. The number of aromatic nitrogens is 5. The van der Waals surface area contributed by atoms with Crippen LogP contribution in [0.5, 0.6) is 0 Å². The van der Waals surface area contributed by atoms with Crippen molar-refractivity contribution in [1.82, 2.24) is 29.9 Å². The molecule has 0 bridgehead atoms. The van der Waals surface area contributed by atoms with Crippen LogP contribution in [0.25, 0.3) is 0 Å². The Bertz CT molecular complexity index is 671. The molecule has 1 aliphatic heterocycles. The van der Waals surface area contributed by atoms with Crippen LogP contribution in [0.3, 0.4) is 0 Å². The second-order valence-electron chi connectivity index (χ2n) is 5.72. The van der Waals surface area contributed by atoms with Crippen LogP contribution in [0.1, 0.15) is 30.5 Å². The number of hydrogen-bond donors (Lipinski definition) is 1. The van der Waals surface area contributed by atoms with E-state index in [9.17, 15) is 0 Å². The summed E-state index contributed by atoms with van der Waals surface area (Å²) in [6.45, 7) is 3.17. The van der Waals surface area contributed by atoms with Crippen LogP contribution in [0.2, 0.25) is 0 Å². The number of nitriles is 1. The van der Waals surface area contributed by atoms with E-state index in [-0.39, 0.29) is 11.9 Å². The van der Waals surface area contributed by atoms with Crippen molar-refractivity contribution in [3.05, 3.63) is 30.1 Å². The van der Waals surface area contributed by atoms with E-state index in [0.717, 1.165) is 38.2 Å². The van der Waals surface area contributed by atoms with Crippen LogP contribution in [-0.2, 0) is 18.3 Å². The van der Waals surface area contributed by atoms with Crippen molar-refractivity contribution >= 4 is 0 Å². The third kappa shape index (κ3) is 3.75. The maximum absolute atomic E-state index is 8.71. The summed E-state index contributed by atoms with van der Waals surface area (Å²) in [6.07, 6.45) is 5.73. The molecule has 8 heteroatoms. The highest BCUT2D eigenvalue weighted by Gasteiger charge is 2.29. The quantitative estimate of drug-likeness (QED) is 0.786. The average molecular weight is 315 g/mol. The van der Waals surface area contributed by atoms with Gasteiger partial charge in [-0.2, -0.15) is 10.4 Å². The van der Waals surface area contributed by atoms with Gasteiger partial charge >= 0.3 is 0 Å². The van der Waals surface area contributed by atoms with E-state index in [1.54, 1.807) is 11.0 Å². The van der Waals surface area contributed by atoms with Crippen LogP contribution in [0.4, 0.5) is 0 Å². The minimum absolute atomic E-state index is 0.0975. The van der Waals surface area contributed by atoms with Gasteiger partial charge in [0, 0.05) is 38.9 Å². The Morgan fingerprint density at radius 1 is 1.52 bits per heavy atom. The monoisotopic (exact) mass is 315 g/mol. The van der Waals surface area contributed by atoms with Gasteiger partial charge in [-0.25, -0.2) is 4.98 Å². The summed E-state index contributed by atoms with van der Waals surface area (Å²) in [5.41, 5.74) is 1.13. The van der Waals surface area contributed by atoms with Gasteiger partial charge in [0.2, 0.25) is 0 Å². The lowest BCUT2D eigenvalue weighted by atomic mass is 9.92. The van der Waals surface area contributed by atoms with Crippen molar-refractivity contribution in [3.63, 3.8) is 0 Å². The first-order valence-electron chi connectivity index (χ1n) is 7.87. The van der Waals surface area contributed by atoms with E-state index < -0.39 is 0 Å². The van der Waals surface area contributed by atoms with Crippen LogP contribution in [0.15, 0.2) is 18.6 Å². The molecule has 3 heterocycles. The summed E-state index contributed by atoms with van der Waals surface area (Å²) >= 11 is 0. The zero-order valence-electron chi connectivity index (χ0n) is 13.2. The largest absolute Gasteiger partial charge is 0.372 e. The van der Waals surface area contributed by atoms with Crippen LogP contribution >= 0.6 is 0 Å². The average Bonchev–Trinajstić information content (AvgIpc) is 3.20. The molecule has 3 rings (SSSR count). The molecule has 23 heavy (non-hydrogen) atoms. The van der Waals surface area contributed by atoms with Gasteiger partial charge in [-0.15, -0.1) is 5.10 Å². The first-order chi connectivity index (χ1) is 11.3. The molecular formula is C15H21N7O. The number of hydrogen-bond acceptors (Lipinski definition) is 6. The lowest BCUT2D eigenvalue weighted by molar-refractivity contribution is -0.0322. The van der Waals surface area contributed by atoms with Crippen LogP contribution in [0, 0.1) is 17.2 Å². The van der Waals surface area contributed by atoms with Gasteiger partial charge < -0.3 is 10.1 Å². The molecular weight excluding hydrogens is 294 g/mol. The minimum Gasteiger partial charge on any atom is -0.372 e. The summed E-state index contributed by atoms with van der Waals surface area (Å²) < 4.78 is 9.56. The standard InChI is InChI=1S/C15H21N7O/c1-21-13(4-5-19-21)15-12(3-2-8-23-15)10-17-6-7-22-11-18-14(9-16)20-22/h4-5,11-12,15,17H,2-3,6-8,10H2,1H3/t12-,15+/m0/s1. The topological polar surface area (TPSA) is 93.6 Å². The van der Waals surface area contributed by atoms with Gasteiger partial charge in [-0.3, -0.25) is 9.36 Å². The Morgan fingerprint density at radius 2 is 2.43 bits per heavy atom. The first-order valence-corrected chi connectivity index (χ1v) is 7.87. The van der Waals surface area contributed by atoms with Gasteiger partial charge in [0.05, 0.1) is 12.2 Å². The maximum Gasteiger partial charge on any atom is 0.252 e. The zero-order valence-corrected chi connectivity index (χ0v) is 13.2. The van der Waals surface area contributed by atoms with Gasteiger partial charge in [0.15, 0.2) is 0 Å². The number of nitrogens with one attached hydrogen (secondary N) is 1. The van der Waals surface area contributed by atoms with E-state index >= 15 is 0 Å². The minimum atomic E-state index is 0.0975. The Hall–Kier alpha value is -2.24. The molecule has 8 nitrogen and oxygen atoms in total. The molecule has 0 unspecified atom stereocenters. The molecule has 122 valence electrons. The van der Waals surface area contributed by atoms with Crippen molar-refractivity contribution < 1.29 is 4.74 Å². The Labute approximate surface area is 135 Å². The Balaban J connectivity index is 1.50. The number of nitrogens with zero attached hydrogens (tertiary/aromatic N) is 6. The number of ether oxygens (including phenoxy) is 1. The summed E-state index contributed by atoms with van der Waals surface area (Å²) in [5, 5.41) is 20.5. The molecule has 0 aliphatic carbocycles. The molecule has 2 atom stereocenters. The van der Waals surface area contributed by atoms with E-state index in [1.807, 2.05) is 30.1 Å². The summed E-state index contributed by atoms with van der Waals surface area (Å²) in [5.74, 6) is 0.645. The first kappa shape index (κ1) is 15.6. The summed E-state index contributed by atoms with van der Waals surface area (Å²) in [4.78, 5) is 3.89. The highest BCUT2D eigenvalue weighted by Crippen LogP contribution is 2.32. The second kappa shape index (κ2) is 7.35. The predicted octanol–water partition coefficient (Wildman–Crippen LogP) is 0.641. The molecule has 0 aromatic carbocycles. The van der Waals surface area contributed by atoms with Crippen molar-refractivity contribution in [3.8, 4) is 6.07 Å². The smallest absolute Gasteiger partial charge is 0.252 e. The lowest BCUT2D eigenvalue weighted by Gasteiger charge is -2.32. The van der Waals surface area contributed by atoms with Crippen molar-refractivity contribution in [2.45, 2.75) is 25.5 Å². The molecule has 0 spiro atoms. The highest BCUT2D eigenvalue weighted by molar-refractivity contribution is 5.07. The third-order valence-electron chi connectivity index (χ3n) is 4.16. The molecule has 0 radical (unpaired) electrons. The molecule has 1 aliphatic rings. The molecule has 1 N–H and O–H groups in total. The lowest BCUT2D eigenvalue weighted by Crippen LogP contribution is -2.34. The SMILES string of the molecule is Cn1nccc1[C@@H]1OCCC[C@H]1CNCCn1cnc(C#N)n1. The Morgan fingerprint density at radius 3 is 3.17 bits per heavy atom. The fourth-order valence-electron chi connectivity index (χ4n) is 2.98. The van der Waals surface area contributed by atoms with Crippen molar-refractivity contribution in [1.29, 1.82) is 5.26 Å². The van der Waals surface area contributed by atoms with Gasteiger partial charge in [0.25, 0.3) is 5.82 Å². The summed E-state index contributed by atoms with van der Waals surface area (Å²) in [7, 11) is 1.95. The molecule has 0 amide bonds. The van der Waals surface area contributed by atoms with Gasteiger partial charge in [0.1, 0.15) is 18.5 Å². The van der Waals surface area contributed by atoms with Crippen molar-refractivity contribution in [2.24, 2.45) is 13.0 Å².